The molecule has 3 unspecified atom stereocenters. The third kappa shape index (κ3) is 2.88. The van der Waals surface area contributed by atoms with Gasteiger partial charge in [-0.1, -0.05) is 38.1 Å². The maximum atomic E-state index is 11.2. The number of carboxylic acid groups (broad SMARTS) is 1. The summed E-state index contributed by atoms with van der Waals surface area (Å²) in [6.45, 7) is 9.46. The summed E-state index contributed by atoms with van der Waals surface area (Å²) in [5.41, 5.74) is 2.62. The molecule has 0 saturated carbocycles. The number of carboxylic acids is 1. The fourth-order valence-electron chi connectivity index (χ4n) is 3.19. The molecule has 20 heavy (non-hydrogen) atoms. The van der Waals surface area contributed by atoms with E-state index in [4.69, 9.17) is 0 Å². The second kappa shape index (κ2) is 5.96. The van der Waals surface area contributed by atoms with Crippen LogP contribution in [0.2, 0.25) is 0 Å². The van der Waals surface area contributed by atoms with Crippen LogP contribution in [0.3, 0.4) is 0 Å². The Morgan fingerprint density at radius 3 is 2.20 bits per heavy atom. The minimum Gasteiger partial charge on any atom is -0.481 e. The number of hydrogen-bond donors (Lipinski definition) is 1. The van der Waals surface area contributed by atoms with Crippen molar-refractivity contribution in [1.29, 1.82) is 0 Å². The quantitative estimate of drug-likeness (QED) is 0.911. The molecule has 2 rings (SSSR count). The molecule has 1 heterocycles. The Morgan fingerprint density at radius 2 is 1.75 bits per heavy atom. The first kappa shape index (κ1) is 15.0. The van der Waals surface area contributed by atoms with Gasteiger partial charge in [0.2, 0.25) is 0 Å². The van der Waals surface area contributed by atoms with Gasteiger partial charge in [-0.05, 0) is 43.9 Å². The number of likely N-dealkylation sites (tertiary alicyclic amines) is 1. The van der Waals surface area contributed by atoms with Gasteiger partial charge in [0.15, 0.2) is 0 Å². The van der Waals surface area contributed by atoms with E-state index in [2.05, 4.69) is 49.9 Å². The first-order chi connectivity index (χ1) is 9.41. The van der Waals surface area contributed by atoms with E-state index in [1.165, 1.54) is 11.1 Å². The molecule has 1 saturated heterocycles. The van der Waals surface area contributed by atoms with Crippen LogP contribution >= 0.6 is 0 Å². The van der Waals surface area contributed by atoms with Crippen LogP contribution in [0.1, 0.15) is 57.2 Å². The molecule has 1 aliphatic heterocycles. The van der Waals surface area contributed by atoms with E-state index < -0.39 is 5.97 Å². The van der Waals surface area contributed by atoms with E-state index in [0.717, 1.165) is 13.0 Å². The molecule has 1 N–H and O–H groups in total. The smallest absolute Gasteiger partial charge is 0.308 e. The van der Waals surface area contributed by atoms with Crippen LogP contribution in [0.15, 0.2) is 24.3 Å². The Bertz CT molecular complexity index is 466. The maximum absolute atomic E-state index is 11.2. The van der Waals surface area contributed by atoms with Gasteiger partial charge in [0.1, 0.15) is 0 Å². The van der Waals surface area contributed by atoms with E-state index in [1.807, 2.05) is 6.92 Å². The van der Waals surface area contributed by atoms with Crippen molar-refractivity contribution in [2.75, 3.05) is 6.54 Å². The summed E-state index contributed by atoms with van der Waals surface area (Å²) in [6.07, 6.45) is 0.755. The largest absolute Gasteiger partial charge is 0.481 e. The highest BCUT2D eigenvalue weighted by atomic mass is 16.4. The molecular weight excluding hydrogens is 250 g/mol. The topological polar surface area (TPSA) is 40.5 Å². The summed E-state index contributed by atoms with van der Waals surface area (Å²) in [7, 11) is 0. The number of carbonyl (C=O) groups is 1. The van der Waals surface area contributed by atoms with Gasteiger partial charge in [-0.2, -0.15) is 0 Å². The van der Waals surface area contributed by atoms with Crippen LogP contribution < -0.4 is 0 Å². The highest BCUT2D eigenvalue weighted by Gasteiger charge is 2.37. The van der Waals surface area contributed by atoms with Crippen molar-refractivity contribution in [3.05, 3.63) is 35.4 Å². The normalized spacial score (nSPS) is 25.1. The predicted molar refractivity (Wildman–Crippen MR) is 80.9 cm³/mol. The van der Waals surface area contributed by atoms with Crippen LogP contribution in [-0.4, -0.2) is 28.6 Å². The molecule has 110 valence electrons. The fourth-order valence-corrected chi connectivity index (χ4v) is 3.19. The number of benzene rings is 1. The monoisotopic (exact) mass is 275 g/mol. The number of aliphatic carboxylic acids is 1. The van der Waals surface area contributed by atoms with Gasteiger partial charge in [-0.25, -0.2) is 0 Å². The molecular formula is C17H25NO2. The van der Waals surface area contributed by atoms with Crippen LogP contribution in [0.25, 0.3) is 0 Å². The van der Waals surface area contributed by atoms with E-state index in [-0.39, 0.29) is 18.0 Å². The zero-order chi connectivity index (χ0) is 14.9. The molecule has 0 spiro atoms. The maximum Gasteiger partial charge on any atom is 0.308 e. The van der Waals surface area contributed by atoms with Crippen molar-refractivity contribution in [3.63, 3.8) is 0 Å². The minimum atomic E-state index is -0.664. The van der Waals surface area contributed by atoms with Crippen LogP contribution in [-0.2, 0) is 4.79 Å². The summed E-state index contributed by atoms with van der Waals surface area (Å²) >= 11 is 0. The highest BCUT2D eigenvalue weighted by Crippen LogP contribution is 2.33. The highest BCUT2D eigenvalue weighted by molar-refractivity contribution is 5.71. The Labute approximate surface area is 121 Å². The Kier molecular flexibility index (Phi) is 4.48. The third-order valence-corrected chi connectivity index (χ3v) is 4.70. The van der Waals surface area contributed by atoms with Gasteiger partial charge in [0.25, 0.3) is 0 Å². The van der Waals surface area contributed by atoms with E-state index in [0.29, 0.717) is 5.92 Å². The van der Waals surface area contributed by atoms with Crippen molar-refractivity contribution < 1.29 is 9.90 Å². The van der Waals surface area contributed by atoms with Crippen molar-refractivity contribution >= 4 is 5.97 Å². The lowest BCUT2D eigenvalue weighted by atomic mass is 9.98. The molecule has 0 aliphatic carbocycles. The second-order valence-corrected chi connectivity index (χ2v) is 6.21. The van der Waals surface area contributed by atoms with Gasteiger partial charge in [-0.3, -0.25) is 9.69 Å². The lowest BCUT2D eigenvalue weighted by molar-refractivity contribution is -0.142. The molecule has 0 amide bonds. The second-order valence-electron chi connectivity index (χ2n) is 6.21. The zero-order valence-corrected chi connectivity index (χ0v) is 12.8. The first-order valence-electron chi connectivity index (χ1n) is 7.50. The van der Waals surface area contributed by atoms with Crippen molar-refractivity contribution in [1.82, 2.24) is 4.90 Å². The van der Waals surface area contributed by atoms with Crippen LogP contribution in [0, 0.1) is 5.92 Å². The van der Waals surface area contributed by atoms with Crippen LogP contribution in [0.5, 0.6) is 0 Å². The molecule has 1 fully saturated rings. The molecule has 3 atom stereocenters. The first-order valence-corrected chi connectivity index (χ1v) is 7.50. The molecule has 0 radical (unpaired) electrons. The van der Waals surface area contributed by atoms with Gasteiger partial charge in [0.05, 0.1) is 5.92 Å². The number of nitrogens with zero attached hydrogens (tertiary/aromatic N) is 1. The van der Waals surface area contributed by atoms with Gasteiger partial charge < -0.3 is 5.11 Å². The Hall–Kier alpha value is -1.35. The molecule has 0 aromatic heterocycles. The molecule has 1 aromatic carbocycles. The van der Waals surface area contributed by atoms with E-state index in [9.17, 15) is 9.90 Å². The number of rotatable bonds is 4. The summed E-state index contributed by atoms with van der Waals surface area (Å²) in [5, 5.41) is 9.22. The molecule has 1 aromatic rings. The van der Waals surface area contributed by atoms with Crippen molar-refractivity contribution in [2.45, 2.75) is 52.1 Å². The third-order valence-electron chi connectivity index (χ3n) is 4.70. The Morgan fingerprint density at radius 1 is 1.20 bits per heavy atom. The van der Waals surface area contributed by atoms with Gasteiger partial charge >= 0.3 is 5.97 Å². The molecule has 1 aliphatic rings. The summed E-state index contributed by atoms with van der Waals surface area (Å²) in [4.78, 5) is 13.5. The predicted octanol–water partition coefficient (Wildman–Crippen LogP) is 3.67. The van der Waals surface area contributed by atoms with Crippen molar-refractivity contribution in [3.8, 4) is 0 Å². The average Bonchev–Trinajstić information content (AvgIpc) is 2.80. The summed E-state index contributed by atoms with van der Waals surface area (Å²) < 4.78 is 0. The molecule has 0 bridgehead atoms. The molecule has 3 nitrogen and oxygen atoms in total. The minimum absolute atomic E-state index is 0.104. The van der Waals surface area contributed by atoms with Crippen molar-refractivity contribution in [2.24, 2.45) is 5.92 Å². The lowest BCUT2D eigenvalue weighted by Crippen LogP contribution is -2.34. The summed E-state index contributed by atoms with van der Waals surface area (Å²) in [5.74, 6) is -0.351. The van der Waals surface area contributed by atoms with Gasteiger partial charge in [-0.15, -0.1) is 0 Å². The average molecular weight is 275 g/mol. The fraction of sp³-hybridized carbons (Fsp3) is 0.588. The van der Waals surface area contributed by atoms with Gasteiger partial charge in [0, 0.05) is 12.1 Å². The zero-order valence-electron chi connectivity index (χ0n) is 12.8. The Balaban J connectivity index is 2.11. The van der Waals surface area contributed by atoms with Crippen LogP contribution in [0.4, 0.5) is 0 Å². The number of hydrogen-bond acceptors (Lipinski definition) is 2. The van der Waals surface area contributed by atoms with E-state index in [1.54, 1.807) is 0 Å². The standard InChI is InChI=1S/C17H25NO2/c1-11(2)14-5-7-15(8-6-14)12(3)18-10-9-16(13(18)4)17(19)20/h5-8,11-13,16H,9-10H2,1-4H3,(H,19,20). The lowest BCUT2D eigenvalue weighted by Gasteiger charge is -2.30. The van der Waals surface area contributed by atoms with E-state index >= 15 is 0 Å². The SMILES string of the molecule is CC(C)c1ccc(C(C)N2CCC(C(=O)O)C2C)cc1. The summed E-state index contributed by atoms with van der Waals surface area (Å²) in [6, 6.07) is 9.11. The molecule has 3 heteroatoms.